The molecule has 0 bridgehead atoms. The molecule has 202 valence electrons. The highest BCUT2D eigenvalue weighted by molar-refractivity contribution is 7.81. The first kappa shape index (κ1) is 29.7. The molecule has 0 spiro atoms. The van der Waals surface area contributed by atoms with E-state index in [2.05, 4.69) is 35.5 Å². The summed E-state index contributed by atoms with van der Waals surface area (Å²) < 4.78 is 50.0. The number of benzene rings is 2. The minimum atomic E-state index is -4.62. The van der Waals surface area contributed by atoms with E-state index < -0.39 is 16.6 Å². The van der Waals surface area contributed by atoms with Crippen molar-refractivity contribution >= 4 is 22.5 Å². The fourth-order valence-corrected chi connectivity index (χ4v) is 3.49. The zero-order valence-electron chi connectivity index (χ0n) is 21.1. The first-order chi connectivity index (χ1) is 17.6. The average Bonchev–Trinajstić information content (AvgIpc) is 2.84. The van der Waals surface area contributed by atoms with Gasteiger partial charge in [0, 0.05) is 13.0 Å². The van der Waals surface area contributed by atoms with Crippen molar-refractivity contribution in [2.24, 2.45) is 5.92 Å². The molecule has 0 heterocycles. The van der Waals surface area contributed by atoms with Gasteiger partial charge in [-0.25, -0.2) is 4.79 Å². The van der Waals surface area contributed by atoms with E-state index in [1.54, 1.807) is 18.2 Å². The molecule has 0 unspecified atom stereocenters. The van der Waals surface area contributed by atoms with Crippen molar-refractivity contribution in [3.63, 3.8) is 0 Å². The normalized spacial score (nSPS) is 11.4. The Balaban J connectivity index is 1.79. The summed E-state index contributed by atoms with van der Waals surface area (Å²) in [5, 5.41) is 2.87. The Kier molecular flexibility index (Phi) is 11.9. The summed E-state index contributed by atoms with van der Waals surface area (Å²) >= 11 is 0. The molecule has 2 N–H and O–H groups in total. The summed E-state index contributed by atoms with van der Waals surface area (Å²) in [7, 11) is -3.19. The van der Waals surface area contributed by atoms with E-state index >= 15 is 0 Å². The molecule has 1 amide bonds. The van der Waals surface area contributed by atoms with Crippen LogP contribution in [0.4, 0.5) is 4.79 Å². The monoisotopic (exact) mass is 535 g/mol. The predicted molar refractivity (Wildman–Crippen MR) is 137 cm³/mol. The second-order valence-corrected chi connectivity index (χ2v) is 9.50. The number of unbranched alkanes of at least 4 members (excludes halogenated alkanes) is 2. The number of carbonyl (C=O) groups is 2. The third-order valence-corrected chi connectivity index (χ3v) is 5.34. The second kappa shape index (κ2) is 14.9. The summed E-state index contributed by atoms with van der Waals surface area (Å²) in [6.07, 6.45) is 6.53. The van der Waals surface area contributed by atoms with Crippen LogP contribution in [0.1, 0.15) is 50.7 Å². The molecule has 37 heavy (non-hydrogen) atoms. The molecule has 0 atom stereocenters. The van der Waals surface area contributed by atoms with Gasteiger partial charge in [-0.05, 0) is 60.6 Å². The highest BCUT2D eigenvalue weighted by Crippen LogP contribution is 2.28. The number of allylic oxidation sites excluding steroid dienone is 2. The van der Waals surface area contributed by atoms with Crippen LogP contribution in [0, 0.1) is 5.92 Å². The maximum absolute atomic E-state index is 12.1. The van der Waals surface area contributed by atoms with Crippen LogP contribution in [0.5, 0.6) is 17.2 Å². The van der Waals surface area contributed by atoms with Crippen molar-refractivity contribution in [3.05, 3.63) is 65.7 Å². The number of ether oxygens (including phenoxy) is 3. The number of hydrogen-bond donors (Lipinski definition) is 2. The first-order valence-corrected chi connectivity index (χ1v) is 13.1. The third-order valence-electron chi connectivity index (χ3n) is 4.94. The Labute approximate surface area is 217 Å². The standard InChI is InChI=1S/C26H33NO9S/c1-19(2)8-6-4-5-7-9-25(28)27-17-21-12-15-23(24(16-21)33-3)35-26(29)34-18-20-10-13-22(14-11-20)36-37(30,31)32/h6,8,10-16,19H,4-5,7,9,17-18H2,1-3H3,(H,27,28)(H,30,31,32)/b8-6+. The van der Waals surface area contributed by atoms with Crippen molar-refractivity contribution in [2.45, 2.75) is 52.7 Å². The zero-order chi connectivity index (χ0) is 27.3. The van der Waals surface area contributed by atoms with Gasteiger partial charge < -0.3 is 23.7 Å². The minimum Gasteiger partial charge on any atom is -0.493 e. The Hall–Kier alpha value is -3.57. The zero-order valence-corrected chi connectivity index (χ0v) is 22.0. The summed E-state index contributed by atoms with van der Waals surface area (Å²) in [5.41, 5.74) is 1.31. The molecule has 0 aliphatic heterocycles. The number of hydrogen-bond acceptors (Lipinski definition) is 8. The van der Waals surface area contributed by atoms with Gasteiger partial charge in [-0.1, -0.05) is 44.2 Å². The Bertz CT molecular complexity index is 1160. The second-order valence-electron chi connectivity index (χ2n) is 8.48. The van der Waals surface area contributed by atoms with Crippen molar-refractivity contribution in [1.29, 1.82) is 0 Å². The smallest absolute Gasteiger partial charge is 0.493 e. The molecule has 2 rings (SSSR count). The molecular weight excluding hydrogens is 502 g/mol. The van der Waals surface area contributed by atoms with Gasteiger partial charge in [0.2, 0.25) is 5.91 Å². The van der Waals surface area contributed by atoms with Crippen molar-refractivity contribution in [2.75, 3.05) is 7.11 Å². The lowest BCUT2D eigenvalue weighted by Gasteiger charge is -2.12. The first-order valence-electron chi connectivity index (χ1n) is 11.8. The van der Waals surface area contributed by atoms with E-state index in [0.29, 0.717) is 30.2 Å². The van der Waals surface area contributed by atoms with E-state index in [-0.39, 0.29) is 24.0 Å². The molecule has 0 saturated carbocycles. The molecule has 0 fully saturated rings. The maximum atomic E-state index is 12.1. The largest absolute Gasteiger partial charge is 0.514 e. The van der Waals surface area contributed by atoms with Gasteiger partial charge in [0.05, 0.1) is 7.11 Å². The van der Waals surface area contributed by atoms with Crippen molar-refractivity contribution in [1.82, 2.24) is 5.32 Å². The Morgan fingerprint density at radius 1 is 1.03 bits per heavy atom. The topological polar surface area (TPSA) is 137 Å². The number of nitrogens with one attached hydrogen (secondary N) is 1. The van der Waals surface area contributed by atoms with Gasteiger partial charge in [0.15, 0.2) is 11.5 Å². The molecule has 11 heteroatoms. The molecule has 10 nitrogen and oxygen atoms in total. The van der Waals surface area contributed by atoms with E-state index in [4.69, 9.17) is 18.8 Å². The number of carbonyl (C=O) groups excluding carboxylic acids is 2. The fraction of sp³-hybridized carbons (Fsp3) is 0.385. The van der Waals surface area contributed by atoms with E-state index in [1.807, 2.05) is 0 Å². The Morgan fingerprint density at radius 3 is 2.38 bits per heavy atom. The number of methoxy groups -OCH3 is 1. The van der Waals surface area contributed by atoms with Gasteiger partial charge in [0.25, 0.3) is 0 Å². The lowest BCUT2D eigenvalue weighted by molar-refractivity contribution is -0.121. The molecule has 0 saturated heterocycles. The van der Waals surface area contributed by atoms with Crippen LogP contribution in [0.25, 0.3) is 0 Å². The van der Waals surface area contributed by atoms with Gasteiger partial charge in [-0.15, -0.1) is 0 Å². The van der Waals surface area contributed by atoms with Gasteiger partial charge in [-0.3, -0.25) is 9.35 Å². The lowest BCUT2D eigenvalue weighted by Crippen LogP contribution is -2.22. The van der Waals surface area contributed by atoms with E-state index in [1.165, 1.54) is 31.4 Å². The number of amides is 1. The molecular formula is C26H33NO9S. The van der Waals surface area contributed by atoms with Crippen LogP contribution in [0.15, 0.2) is 54.6 Å². The summed E-state index contributed by atoms with van der Waals surface area (Å²) in [4.78, 5) is 24.2. The van der Waals surface area contributed by atoms with Crippen LogP contribution in [-0.2, 0) is 33.1 Å². The maximum Gasteiger partial charge on any atom is 0.514 e. The van der Waals surface area contributed by atoms with Crippen LogP contribution in [0.2, 0.25) is 0 Å². The van der Waals surface area contributed by atoms with Crippen LogP contribution in [0.3, 0.4) is 0 Å². The van der Waals surface area contributed by atoms with Crippen LogP contribution >= 0.6 is 0 Å². The van der Waals surface area contributed by atoms with E-state index in [0.717, 1.165) is 24.8 Å². The van der Waals surface area contributed by atoms with Crippen LogP contribution < -0.4 is 19.0 Å². The highest BCUT2D eigenvalue weighted by Gasteiger charge is 2.13. The van der Waals surface area contributed by atoms with Gasteiger partial charge >= 0.3 is 16.6 Å². The van der Waals surface area contributed by atoms with Crippen molar-refractivity contribution < 1.29 is 41.0 Å². The molecule has 0 aliphatic carbocycles. The molecule has 0 aliphatic rings. The Morgan fingerprint density at radius 2 is 1.73 bits per heavy atom. The highest BCUT2D eigenvalue weighted by atomic mass is 32.3. The molecule has 2 aromatic rings. The minimum absolute atomic E-state index is 0.0340. The summed E-state index contributed by atoms with van der Waals surface area (Å²) in [6, 6.07) is 10.4. The van der Waals surface area contributed by atoms with Crippen molar-refractivity contribution in [3.8, 4) is 17.2 Å². The molecule has 0 radical (unpaired) electrons. The molecule has 0 aromatic heterocycles. The lowest BCUT2D eigenvalue weighted by atomic mass is 10.1. The summed E-state index contributed by atoms with van der Waals surface area (Å²) in [5.74, 6) is 0.852. The number of rotatable bonds is 14. The van der Waals surface area contributed by atoms with Crippen LogP contribution in [-0.4, -0.2) is 32.1 Å². The third kappa shape index (κ3) is 12.3. The van der Waals surface area contributed by atoms with E-state index in [9.17, 15) is 18.0 Å². The quantitative estimate of drug-likeness (QED) is 0.113. The predicted octanol–water partition coefficient (Wildman–Crippen LogP) is 4.98. The molecule has 2 aromatic carbocycles. The van der Waals surface area contributed by atoms with Gasteiger partial charge in [-0.2, -0.15) is 8.42 Å². The van der Waals surface area contributed by atoms with Gasteiger partial charge in [0.1, 0.15) is 12.4 Å². The fourth-order valence-electron chi connectivity index (χ4n) is 3.14. The summed E-state index contributed by atoms with van der Waals surface area (Å²) in [6.45, 7) is 4.42. The SMILES string of the molecule is COc1cc(CNC(=O)CCCC/C=C/C(C)C)ccc1OC(=O)OCc1ccc(OS(=O)(=O)O)cc1. The average molecular weight is 536 g/mol.